The molecule has 3 heterocycles. The van der Waals surface area contributed by atoms with E-state index >= 15 is 0 Å². The Morgan fingerprint density at radius 3 is 3.22 bits per heavy atom. The number of imidazole rings is 1. The molecule has 1 aliphatic rings. The molecule has 0 saturated carbocycles. The molecule has 1 aliphatic heterocycles. The summed E-state index contributed by atoms with van der Waals surface area (Å²) in [5, 5.41) is 3.97. The summed E-state index contributed by atoms with van der Waals surface area (Å²) in [6.07, 6.45) is 5.42. The summed E-state index contributed by atoms with van der Waals surface area (Å²) in [7, 11) is 0. The highest BCUT2D eigenvalue weighted by Gasteiger charge is 2.17. The maximum Gasteiger partial charge on any atom is 0.155 e. The number of nitrogens with zero attached hydrogens (tertiary/aromatic N) is 2. The molecule has 0 radical (unpaired) electrons. The number of nitrogens with one attached hydrogen (secondary N) is 1. The lowest BCUT2D eigenvalue weighted by molar-refractivity contribution is 0.370. The molecule has 0 aromatic carbocycles. The Morgan fingerprint density at radius 1 is 1.56 bits per heavy atom. The summed E-state index contributed by atoms with van der Waals surface area (Å²) in [5.74, 6) is 1.68. The van der Waals surface area contributed by atoms with E-state index in [0.29, 0.717) is 11.1 Å². The van der Waals surface area contributed by atoms with E-state index in [1.165, 1.54) is 12.8 Å². The van der Waals surface area contributed by atoms with E-state index in [1.807, 2.05) is 22.7 Å². The second-order valence-corrected chi connectivity index (χ2v) is 5.31. The van der Waals surface area contributed by atoms with Gasteiger partial charge in [0.15, 0.2) is 5.15 Å². The molecule has 4 nitrogen and oxygen atoms in total. The van der Waals surface area contributed by atoms with Crippen LogP contribution < -0.4 is 11.1 Å². The van der Waals surface area contributed by atoms with Crippen molar-refractivity contribution in [1.29, 1.82) is 0 Å². The van der Waals surface area contributed by atoms with E-state index in [-0.39, 0.29) is 0 Å². The number of aromatic nitrogens is 2. The van der Waals surface area contributed by atoms with Crippen LogP contribution in [-0.2, 0) is 6.42 Å². The minimum atomic E-state index is 0.543. The molecule has 1 saturated heterocycles. The van der Waals surface area contributed by atoms with E-state index in [4.69, 9.17) is 17.3 Å². The summed E-state index contributed by atoms with van der Waals surface area (Å²) in [6.45, 7) is 2.21. The number of rotatable bonds is 2. The number of anilines is 1. The number of hydrogen-bond acceptors (Lipinski definition) is 3. The van der Waals surface area contributed by atoms with E-state index in [1.54, 1.807) is 0 Å². The lowest BCUT2D eigenvalue weighted by Crippen LogP contribution is -2.31. The number of halogens is 1. The molecule has 0 amide bonds. The smallest absolute Gasteiger partial charge is 0.155 e. The third-order valence-corrected chi connectivity index (χ3v) is 3.84. The zero-order chi connectivity index (χ0) is 12.5. The molecule has 5 heteroatoms. The van der Waals surface area contributed by atoms with E-state index in [9.17, 15) is 0 Å². The van der Waals surface area contributed by atoms with Gasteiger partial charge in [0.25, 0.3) is 0 Å². The van der Waals surface area contributed by atoms with Gasteiger partial charge in [-0.3, -0.25) is 0 Å². The van der Waals surface area contributed by atoms with Gasteiger partial charge in [0.2, 0.25) is 0 Å². The van der Waals surface area contributed by atoms with Crippen LogP contribution in [0.5, 0.6) is 0 Å². The molecule has 0 aliphatic carbocycles. The minimum absolute atomic E-state index is 0.543. The lowest BCUT2D eigenvalue weighted by atomic mass is 9.96. The van der Waals surface area contributed by atoms with Gasteiger partial charge in [-0.25, -0.2) is 4.98 Å². The first-order valence-corrected chi connectivity index (χ1v) is 6.74. The Morgan fingerprint density at radius 2 is 2.44 bits per heavy atom. The van der Waals surface area contributed by atoms with Crippen molar-refractivity contribution in [3.8, 4) is 0 Å². The SMILES string of the molecule is Nc1ccn2c(CC3CCCNC3)nc(Cl)c2c1. The zero-order valence-corrected chi connectivity index (χ0v) is 11.0. The average Bonchev–Trinajstić information content (AvgIpc) is 2.67. The quantitative estimate of drug-likeness (QED) is 0.874. The van der Waals surface area contributed by atoms with Crippen molar-refractivity contribution in [3.63, 3.8) is 0 Å². The largest absolute Gasteiger partial charge is 0.399 e. The van der Waals surface area contributed by atoms with Crippen LogP contribution in [0.1, 0.15) is 18.7 Å². The highest BCUT2D eigenvalue weighted by Crippen LogP contribution is 2.23. The highest BCUT2D eigenvalue weighted by molar-refractivity contribution is 6.32. The standard InChI is InChI=1S/C13H17ClN4/c14-13-11-7-10(15)3-5-18(11)12(17-13)6-9-2-1-4-16-8-9/h3,5,7,9,16H,1-2,4,6,8,15H2. The highest BCUT2D eigenvalue weighted by atomic mass is 35.5. The van der Waals surface area contributed by atoms with Gasteiger partial charge in [0.05, 0.1) is 5.52 Å². The maximum atomic E-state index is 6.16. The summed E-state index contributed by atoms with van der Waals surface area (Å²) in [5.41, 5.74) is 7.39. The molecule has 1 fully saturated rings. The van der Waals surface area contributed by atoms with Crippen LogP contribution in [0.25, 0.3) is 5.52 Å². The Hall–Kier alpha value is -1.26. The van der Waals surface area contributed by atoms with Crippen molar-refractivity contribution >= 4 is 22.8 Å². The molecule has 1 unspecified atom stereocenters. The van der Waals surface area contributed by atoms with E-state index in [0.717, 1.165) is 36.5 Å². The molecule has 1 atom stereocenters. The van der Waals surface area contributed by atoms with Crippen LogP contribution in [0.2, 0.25) is 5.15 Å². The first-order chi connectivity index (χ1) is 8.74. The minimum Gasteiger partial charge on any atom is -0.399 e. The first-order valence-electron chi connectivity index (χ1n) is 6.37. The summed E-state index contributed by atoms with van der Waals surface area (Å²) in [6, 6.07) is 3.76. The van der Waals surface area contributed by atoms with E-state index < -0.39 is 0 Å². The molecule has 2 aromatic heterocycles. The van der Waals surface area contributed by atoms with Gasteiger partial charge in [-0.1, -0.05) is 11.6 Å². The Kier molecular flexibility index (Phi) is 3.14. The van der Waals surface area contributed by atoms with Crippen LogP contribution in [0.3, 0.4) is 0 Å². The molecular weight excluding hydrogens is 248 g/mol. The van der Waals surface area contributed by atoms with Crippen molar-refractivity contribution in [2.45, 2.75) is 19.3 Å². The second-order valence-electron chi connectivity index (χ2n) is 4.95. The van der Waals surface area contributed by atoms with Crippen LogP contribution in [0.4, 0.5) is 5.69 Å². The van der Waals surface area contributed by atoms with Crippen LogP contribution in [0.15, 0.2) is 18.3 Å². The predicted octanol–water partition coefficient (Wildman–Crippen LogP) is 2.11. The van der Waals surface area contributed by atoms with Crippen LogP contribution in [-0.4, -0.2) is 22.5 Å². The molecular formula is C13H17ClN4. The molecule has 3 N–H and O–H groups in total. The third-order valence-electron chi connectivity index (χ3n) is 3.57. The van der Waals surface area contributed by atoms with Gasteiger partial charge in [0.1, 0.15) is 5.82 Å². The topological polar surface area (TPSA) is 55.4 Å². The average molecular weight is 265 g/mol. The lowest BCUT2D eigenvalue weighted by Gasteiger charge is -2.21. The normalized spacial score (nSPS) is 20.4. The maximum absolute atomic E-state index is 6.16. The fraction of sp³-hybridized carbons (Fsp3) is 0.462. The molecule has 18 heavy (non-hydrogen) atoms. The van der Waals surface area contributed by atoms with Gasteiger partial charge >= 0.3 is 0 Å². The Bertz CT molecular complexity index is 557. The molecule has 2 aromatic rings. The number of nitrogen functional groups attached to an aromatic ring is 1. The number of nitrogens with two attached hydrogens (primary N) is 1. The Balaban J connectivity index is 1.91. The van der Waals surface area contributed by atoms with Gasteiger partial charge in [-0.2, -0.15) is 0 Å². The molecule has 0 bridgehead atoms. The van der Waals surface area contributed by atoms with Gasteiger partial charge in [0, 0.05) is 18.3 Å². The third kappa shape index (κ3) is 2.18. The number of fused-ring (bicyclic) bond motifs is 1. The van der Waals surface area contributed by atoms with Crippen molar-refractivity contribution < 1.29 is 0 Å². The molecule has 96 valence electrons. The monoisotopic (exact) mass is 264 g/mol. The number of piperidine rings is 1. The van der Waals surface area contributed by atoms with Gasteiger partial charge in [-0.05, 0) is 44.0 Å². The van der Waals surface area contributed by atoms with Gasteiger partial charge < -0.3 is 15.5 Å². The molecule has 3 rings (SSSR count). The van der Waals surface area contributed by atoms with Crippen molar-refractivity contribution in [3.05, 3.63) is 29.3 Å². The summed E-state index contributed by atoms with van der Waals surface area (Å²) in [4.78, 5) is 4.47. The zero-order valence-electron chi connectivity index (χ0n) is 10.2. The summed E-state index contributed by atoms with van der Waals surface area (Å²) < 4.78 is 2.05. The van der Waals surface area contributed by atoms with E-state index in [2.05, 4.69) is 10.3 Å². The number of pyridine rings is 1. The fourth-order valence-corrected chi connectivity index (χ4v) is 2.87. The van der Waals surface area contributed by atoms with Crippen molar-refractivity contribution in [1.82, 2.24) is 14.7 Å². The van der Waals surface area contributed by atoms with Crippen LogP contribution >= 0.6 is 11.6 Å². The Labute approximate surface area is 111 Å². The fourth-order valence-electron chi connectivity index (χ4n) is 2.63. The van der Waals surface area contributed by atoms with Crippen molar-refractivity contribution in [2.75, 3.05) is 18.8 Å². The molecule has 0 spiro atoms. The van der Waals surface area contributed by atoms with Crippen LogP contribution in [0, 0.1) is 5.92 Å². The van der Waals surface area contributed by atoms with Crippen molar-refractivity contribution in [2.24, 2.45) is 5.92 Å². The second kappa shape index (κ2) is 4.78. The summed E-state index contributed by atoms with van der Waals surface area (Å²) >= 11 is 6.16. The number of hydrogen-bond donors (Lipinski definition) is 2. The van der Waals surface area contributed by atoms with Gasteiger partial charge in [-0.15, -0.1) is 0 Å². The first kappa shape index (κ1) is 11.8. The predicted molar refractivity (Wildman–Crippen MR) is 73.9 cm³/mol.